The first-order chi connectivity index (χ1) is 9.11. The molecule has 104 valence electrons. The molecule has 2 rings (SSSR count). The Kier molecular flexibility index (Phi) is 4.58. The van der Waals surface area contributed by atoms with Gasteiger partial charge in [-0.25, -0.2) is 4.79 Å². The number of carboxylic acid groups (broad SMARTS) is 1. The molecule has 1 aliphatic carbocycles. The summed E-state index contributed by atoms with van der Waals surface area (Å²) < 4.78 is 0. The first-order valence-electron chi connectivity index (χ1n) is 6.54. The molecule has 2 unspecified atom stereocenters. The van der Waals surface area contributed by atoms with Crippen molar-refractivity contribution in [2.45, 2.75) is 37.0 Å². The second kappa shape index (κ2) is 6.19. The zero-order valence-electron chi connectivity index (χ0n) is 11.1. The normalized spacial score (nSPS) is 23.0. The van der Waals surface area contributed by atoms with Gasteiger partial charge in [0.2, 0.25) is 0 Å². The standard InChI is InChI=1S/C14H20N2O2S/c1-19-13-5-3-2-4-11(13)16-12-8-9(14(17)18)6-7-10(12)15/h6-8,11,13,16H,2-5,15H2,1H3,(H,17,18). The van der Waals surface area contributed by atoms with Crippen LogP contribution in [0.3, 0.4) is 0 Å². The van der Waals surface area contributed by atoms with Crippen LogP contribution in [0.15, 0.2) is 18.2 Å². The quantitative estimate of drug-likeness (QED) is 0.739. The topological polar surface area (TPSA) is 75.3 Å². The molecule has 0 spiro atoms. The Balaban J connectivity index is 2.17. The van der Waals surface area contributed by atoms with Crippen LogP contribution < -0.4 is 11.1 Å². The number of hydrogen-bond acceptors (Lipinski definition) is 4. The van der Waals surface area contributed by atoms with Crippen molar-refractivity contribution in [3.8, 4) is 0 Å². The van der Waals surface area contributed by atoms with Gasteiger partial charge in [0.15, 0.2) is 0 Å². The van der Waals surface area contributed by atoms with E-state index in [0.717, 1.165) is 12.1 Å². The number of carboxylic acids is 1. The number of anilines is 2. The lowest BCUT2D eigenvalue weighted by Crippen LogP contribution is -2.34. The molecule has 0 heterocycles. The van der Waals surface area contributed by atoms with Crippen LogP contribution in [-0.4, -0.2) is 28.6 Å². The van der Waals surface area contributed by atoms with Gasteiger partial charge in [0, 0.05) is 11.3 Å². The van der Waals surface area contributed by atoms with Crippen molar-refractivity contribution in [1.29, 1.82) is 0 Å². The van der Waals surface area contributed by atoms with Crippen LogP contribution in [-0.2, 0) is 0 Å². The van der Waals surface area contributed by atoms with Crippen LogP contribution in [0.2, 0.25) is 0 Å². The van der Waals surface area contributed by atoms with E-state index >= 15 is 0 Å². The van der Waals surface area contributed by atoms with Crippen molar-refractivity contribution in [2.24, 2.45) is 0 Å². The molecule has 5 heteroatoms. The van der Waals surface area contributed by atoms with E-state index in [1.54, 1.807) is 12.1 Å². The van der Waals surface area contributed by atoms with E-state index in [2.05, 4.69) is 11.6 Å². The molecule has 1 saturated carbocycles. The van der Waals surface area contributed by atoms with Crippen molar-refractivity contribution in [3.63, 3.8) is 0 Å². The zero-order chi connectivity index (χ0) is 13.8. The SMILES string of the molecule is CSC1CCCCC1Nc1cc(C(=O)O)ccc1N. The Morgan fingerprint density at radius 1 is 1.42 bits per heavy atom. The highest BCUT2D eigenvalue weighted by Gasteiger charge is 2.24. The number of hydrogen-bond donors (Lipinski definition) is 3. The smallest absolute Gasteiger partial charge is 0.335 e. The van der Waals surface area contributed by atoms with E-state index in [4.69, 9.17) is 10.8 Å². The van der Waals surface area contributed by atoms with E-state index in [1.807, 2.05) is 11.8 Å². The molecule has 0 amide bonds. The summed E-state index contributed by atoms with van der Waals surface area (Å²) in [6.45, 7) is 0. The Morgan fingerprint density at radius 3 is 2.84 bits per heavy atom. The van der Waals surface area contributed by atoms with Gasteiger partial charge in [-0.2, -0.15) is 11.8 Å². The number of thioether (sulfide) groups is 1. The van der Waals surface area contributed by atoms with Crippen LogP contribution in [0.5, 0.6) is 0 Å². The van der Waals surface area contributed by atoms with E-state index in [1.165, 1.54) is 25.3 Å². The first-order valence-corrected chi connectivity index (χ1v) is 7.82. The number of benzene rings is 1. The highest BCUT2D eigenvalue weighted by atomic mass is 32.2. The molecule has 0 radical (unpaired) electrons. The molecule has 0 bridgehead atoms. The monoisotopic (exact) mass is 280 g/mol. The molecule has 1 aromatic rings. The summed E-state index contributed by atoms with van der Waals surface area (Å²) in [5.74, 6) is -0.923. The van der Waals surface area contributed by atoms with Gasteiger partial charge in [-0.15, -0.1) is 0 Å². The fourth-order valence-electron chi connectivity index (χ4n) is 2.56. The maximum atomic E-state index is 11.0. The van der Waals surface area contributed by atoms with Crippen molar-refractivity contribution in [3.05, 3.63) is 23.8 Å². The lowest BCUT2D eigenvalue weighted by molar-refractivity contribution is 0.0697. The van der Waals surface area contributed by atoms with E-state index in [-0.39, 0.29) is 5.56 Å². The summed E-state index contributed by atoms with van der Waals surface area (Å²) >= 11 is 1.87. The second-order valence-electron chi connectivity index (χ2n) is 4.92. The average molecular weight is 280 g/mol. The number of nitrogens with one attached hydrogen (secondary N) is 1. The highest BCUT2D eigenvalue weighted by molar-refractivity contribution is 7.99. The Labute approximate surface area is 117 Å². The maximum absolute atomic E-state index is 11.0. The summed E-state index contributed by atoms with van der Waals surface area (Å²) in [5, 5.41) is 13.0. The number of carbonyl (C=O) groups is 1. The Morgan fingerprint density at radius 2 is 2.16 bits per heavy atom. The summed E-state index contributed by atoms with van der Waals surface area (Å²) in [4.78, 5) is 11.0. The second-order valence-corrected chi connectivity index (χ2v) is 5.99. The van der Waals surface area contributed by atoms with Gasteiger partial charge in [-0.3, -0.25) is 0 Å². The molecular weight excluding hydrogens is 260 g/mol. The molecule has 1 fully saturated rings. The van der Waals surface area contributed by atoms with E-state index < -0.39 is 5.97 Å². The molecule has 1 aliphatic rings. The first kappa shape index (κ1) is 14.1. The molecule has 1 aromatic carbocycles. The van der Waals surface area contributed by atoms with Crippen LogP contribution in [0.25, 0.3) is 0 Å². The third-order valence-electron chi connectivity index (χ3n) is 3.65. The van der Waals surface area contributed by atoms with Gasteiger partial charge in [0.05, 0.1) is 16.9 Å². The summed E-state index contributed by atoms with van der Waals surface area (Å²) in [6.07, 6.45) is 6.93. The maximum Gasteiger partial charge on any atom is 0.335 e. The molecule has 0 aliphatic heterocycles. The van der Waals surface area contributed by atoms with E-state index in [9.17, 15) is 4.79 Å². The molecular formula is C14H20N2O2S. The summed E-state index contributed by atoms with van der Waals surface area (Å²) in [7, 11) is 0. The third kappa shape index (κ3) is 3.35. The highest BCUT2D eigenvalue weighted by Crippen LogP contribution is 2.31. The average Bonchev–Trinajstić information content (AvgIpc) is 2.41. The van der Waals surface area contributed by atoms with Gasteiger partial charge >= 0.3 is 5.97 Å². The fraction of sp³-hybridized carbons (Fsp3) is 0.500. The van der Waals surface area contributed by atoms with Gasteiger partial charge in [0.1, 0.15) is 0 Å². The predicted molar refractivity (Wildman–Crippen MR) is 81.0 cm³/mol. The minimum Gasteiger partial charge on any atom is -0.478 e. The number of nitrogen functional groups attached to an aromatic ring is 1. The molecule has 0 saturated heterocycles. The lowest BCUT2D eigenvalue weighted by atomic mass is 9.94. The molecule has 4 nitrogen and oxygen atoms in total. The number of aromatic carboxylic acids is 1. The molecule has 2 atom stereocenters. The van der Waals surface area contributed by atoms with Crippen molar-refractivity contribution >= 4 is 29.1 Å². The van der Waals surface area contributed by atoms with E-state index in [0.29, 0.717) is 17.0 Å². The number of rotatable bonds is 4. The largest absolute Gasteiger partial charge is 0.478 e. The van der Waals surface area contributed by atoms with Gasteiger partial charge in [-0.05, 0) is 37.3 Å². The van der Waals surface area contributed by atoms with Gasteiger partial charge < -0.3 is 16.2 Å². The fourth-order valence-corrected chi connectivity index (χ4v) is 3.49. The van der Waals surface area contributed by atoms with Crippen LogP contribution in [0, 0.1) is 0 Å². The van der Waals surface area contributed by atoms with Crippen LogP contribution >= 0.6 is 11.8 Å². The Hall–Kier alpha value is -1.36. The van der Waals surface area contributed by atoms with Crippen molar-refractivity contribution in [1.82, 2.24) is 0 Å². The van der Waals surface area contributed by atoms with Crippen molar-refractivity contribution < 1.29 is 9.90 Å². The Bertz CT molecular complexity index is 465. The zero-order valence-corrected chi connectivity index (χ0v) is 11.9. The molecule has 4 N–H and O–H groups in total. The van der Waals surface area contributed by atoms with Crippen LogP contribution in [0.1, 0.15) is 36.0 Å². The van der Waals surface area contributed by atoms with Crippen molar-refractivity contribution in [2.75, 3.05) is 17.3 Å². The molecule has 0 aromatic heterocycles. The minimum absolute atomic E-state index is 0.271. The predicted octanol–water partition coefficient (Wildman–Crippen LogP) is 3.05. The summed E-state index contributed by atoms with van der Waals surface area (Å²) in [5.41, 5.74) is 7.55. The molecule has 19 heavy (non-hydrogen) atoms. The minimum atomic E-state index is -0.923. The lowest BCUT2D eigenvalue weighted by Gasteiger charge is -2.32. The number of nitrogens with two attached hydrogens (primary N) is 1. The summed E-state index contributed by atoms with van der Waals surface area (Å²) in [6, 6.07) is 5.19. The third-order valence-corrected chi connectivity index (χ3v) is 4.82. The van der Waals surface area contributed by atoms with Gasteiger partial charge in [-0.1, -0.05) is 12.8 Å². The van der Waals surface area contributed by atoms with Gasteiger partial charge in [0.25, 0.3) is 0 Å². The van der Waals surface area contributed by atoms with Crippen LogP contribution in [0.4, 0.5) is 11.4 Å².